The molecule has 1 N–H and O–H groups in total. The summed E-state index contributed by atoms with van der Waals surface area (Å²) in [5.41, 5.74) is 2.18. The molecule has 2 aromatic rings. The lowest BCUT2D eigenvalue weighted by molar-refractivity contribution is 0.176. The standard InChI is InChI=1S/C14H13NO2/c16-12-4-6-13-10(8-12)3-5-14(17-13)11-2-1-7-15-9-11/h1-2,4,6-9,14,16H,3,5H2/t14-/m0/s1. The predicted molar refractivity (Wildman–Crippen MR) is 64.0 cm³/mol. The van der Waals surface area contributed by atoms with Crippen molar-refractivity contribution in [2.45, 2.75) is 18.9 Å². The van der Waals surface area contributed by atoms with E-state index in [-0.39, 0.29) is 6.10 Å². The fraction of sp³-hybridized carbons (Fsp3) is 0.214. The second kappa shape index (κ2) is 4.09. The second-order valence-corrected chi connectivity index (χ2v) is 4.22. The monoisotopic (exact) mass is 227 g/mol. The fourth-order valence-electron chi connectivity index (χ4n) is 2.18. The highest BCUT2D eigenvalue weighted by atomic mass is 16.5. The van der Waals surface area contributed by atoms with E-state index < -0.39 is 0 Å². The second-order valence-electron chi connectivity index (χ2n) is 4.22. The zero-order valence-electron chi connectivity index (χ0n) is 9.34. The largest absolute Gasteiger partial charge is 0.508 e. The number of rotatable bonds is 1. The summed E-state index contributed by atoms with van der Waals surface area (Å²) in [5, 5.41) is 9.41. The van der Waals surface area contributed by atoms with Gasteiger partial charge in [-0.2, -0.15) is 0 Å². The molecule has 0 saturated heterocycles. The Hall–Kier alpha value is -2.03. The summed E-state index contributed by atoms with van der Waals surface area (Å²) >= 11 is 0. The molecule has 3 nitrogen and oxygen atoms in total. The number of phenols is 1. The van der Waals surface area contributed by atoms with Crippen molar-refractivity contribution in [1.29, 1.82) is 0 Å². The molecule has 1 atom stereocenters. The van der Waals surface area contributed by atoms with Crippen LogP contribution in [0.3, 0.4) is 0 Å². The Labute approximate surface area is 99.7 Å². The summed E-state index contributed by atoms with van der Waals surface area (Å²) < 4.78 is 5.92. The summed E-state index contributed by atoms with van der Waals surface area (Å²) in [6.07, 6.45) is 5.51. The Balaban J connectivity index is 1.88. The van der Waals surface area contributed by atoms with Crippen LogP contribution in [0.2, 0.25) is 0 Å². The molecule has 3 rings (SSSR count). The fourth-order valence-corrected chi connectivity index (χ4v) is 2.18. The maximum absolute atomic E-state index is 9.41. The average Bonchev–Trinajstić information content (AvgIpc) is 2.39. The number of ether oxygens (including phenoxy) is 1. The van der Waals surface area contributed by atoms with Gasteiger partial charge in [0.1, 0.15) is 17.6 Å². The first kappa shape index (κ1) is 10.1. The van der Waals surface area contributed by atoms with Gasteiger partial charge in [0.05, 0.1) is 0 Å². The van der Waals surface area contributed by atoms with Crippen LogP contribution in [0.1, 0.15) is 23.7 Å². The van der Waals surface area contributed by atoms with Gasteiger partial charge < -0.3 is 9.84 Å². The number of hydrogen-bond donors (Lipinski definition) is 1. The van der Waals surface area contributed by atoms with Gasteiger partial charge in [0.2, 0.25) is 0 Å². The minimum atomic E-state index is 0.0701. The van der Waals surface area contributed by atoms with Crippen LogP contribution < -0.4 is 4.74 Å². The number of pyridine rings is 1. The number of hydrogen-bond acceptors (Lipinski definition) is 3. The van der Waals surface area contributed by atoms with Gasteiger partial charge in [-0.05, 0) is 42.7 Å². The summed E-state index contributed by atoms with van der Waals surface area (Å²) in [6, 6.07) is 9.21. The molecule has 1 aromatic carbocycles. The van der Waals surface area contributed by atoms with Crippen molar-refractivity contribution in [1.82, 2.24) is 4.98 Å². The molecule has 1 aliphatic rings. The van der Waals surface area contributed by atoms with Gasteiger partial charge in [-0.25, -0.2) is 0 Å². The van der Waals surface area contributed by atoms with Crippen molar-refractivity contribution < 1.29 is 9.84 Å². The molecule has 2 heterocycles. The third-order valence-corrected chi connectivity index (χ3v) is 3.05. The number of aromatic nitrogens is 1. The molecule has 86 valence electrons. The van der Waals surface area contributed by atoms with E-state index in [1.54, 1.807) is 18.3 Å². The first-order valence-corrected chi connectivity index (χ1v) is 5.71. The van der Waals surface area contributed by atoms with Crippen LogP contribution in [0, 0.1) is 0 Å². The summed E-state index contributed by atoms with van der Waals surface area (Å²) in [4.78, 5) is 4.11. The third-order valence-electron chi connectivity index (χ3n) is 3.05. The lowest BCUT2D eigenvalue weighted by Gasteiger charge is -2.26. The highest BCUT2D eigenvalue weighted by Crippen LogP contribution is 2.36. The van der Waals surface area contributed by atoms with Crippen molar-refractivity contribution in [2.24, 2.45) is 0 Å². The van der Waals surface area contributed by atoms with Crippen LogP contribution in [0.4, 0.5) is 0 Å². The van der Waals surface area contributed by atoms with Gasteiger partial charge in [-0.1, -0.05) is 6.07 Å². The topological polar surface area (TPSA) is 42.4 Å². The Morgan fingerprint density at radius 2 is 2.24 bits per heavy atom. The lowest BCUT2D eigenvalue weighted by atomic mass is 9.98. The van der Waals surface area contributed by atoms with Gasteiger partial charge in [0.25, 0.3) is 0 Å². The molecule has 1 aromatic heterocycles. The number of fused-ring (bicyclic) bond motifs is 1. The average molecular weight is 227 g/mol. The van der Waals surface area contributed by atoms with Crippen molar-refractivity contribution in [3.63, 3.8) is 0 Å². The zero-order chi connectivity index (χ0) is 11.7. The number of nitrogens with zero attached hydrogens (tertiary/aromatic N) is 1. The van der Waals surface area contributed by atoms with Gasteiger partial charge >= 0.3 is 0 Å². The van der Waals surface area contributed by atoms with Crippen LogP contribution in [0.5, 0.6) is 11.5 Å². The first-order chi connectivity index (χ1) is 8.33. The minimum absolute atomic E-state index is 0.0701. The molecule has 17 heavy (non-hydrogen) atoms. The number of aryl methyl sites for hydroxylation is 1. The molecule has 0 saturated carbocycles. The molecule has 0 spiro atoms. The van der Waals surface area contributed by atoms with Crippen LogP contribution in [0.15, 0.2) is 42.7 Å². The van der Waals surface area contributed by atoms with E-state index in [0.717, 1.165) is 29.7 Å². The molecule has 0 radical (unpaired) electrons. The van der Waals surface area contributed by atoms with Crippen molar-refractivity contribution in [3.8, 4) is 11.5 Å². The smallest absolute Gasteiger partial charge is 0.126 e. The maximum Gasteiger partial charge on any atom is 0.126 e. The van der Waals surface area contributed by atoms with E-state index >= 15 is 0 Å². The Kier molecular flexibility index (Phi) is 2.44. The van der Waals surface area contributed by atoms with E-state index in [1.165, 1.54) is 0 Å². The molecular formula is C14H13NO2. The SMILES string of the molecule is Oc1ccc2c(c1)CC[C@@H](c1cccnc1)O2. The molecular weight excluding hydrogens is 214 g/mol. The Morgan fingerprint density at radius 3 is 3.06 bits per heavy atom. The van der Waals surface area contributed by atoms with Crippen LogP contribution in [-0.2, 0) is 6.42 Å². The maximum atomic E-state index is 9.41. The highest BCUT2D eigenvalue weighted by molar-refractivity contribution is 5.41. The van der Waals surface area contributed by atoms with E-state index in [1.807, 2.05) is 24.4 Å². The van der Waals surface area contributed by atoms with Crippen molar-refractivity contribution >= 4 is 0 Å². The quantitative estimate of drug-likeness (QED) is 0.814. The molecule has 0 fully saturated rings. The van der Waals surface area contributed by atoms with Gasteiger partial charge in [0.15, 0.2) is 0 Å². The molecule has 1 aliphatic heterocycles. The number of benzene rings is 1. The predicted octanol–water partition coefficient (Wildman–Crippen LogP) is 2.85. The summed E-state index contributed by atoms with van der Waals surface area (Å²) in [5.74, 6) is 1.16. The normalized spacial score (nSPS) is 18.2. The minimum Gasteiger partial charge on any atom is -0.508 e. The molecule has 0 amide bonds. The number of phenolic OH excluding ortho intramolecular Hbond substituents is 1. The van der Waals surface area contributed by atoms with Gasteiger partial charge in [0, 0.05) is 18.0 Å². The van der Waals surface area contributed by atoms with Crippen LogP contribution in [0.25, 0.3) is 0 Å². The third kappa shape index (κ3) is 1.96. The Bertz CT molecular complexity index is 525. The summed E-state index contributed by atoms with van der Waals surface area (Å²) in [6.45, 7) is 0. The van der Waals surface area contributed by atoms with Crippen LogP contribution >= 0.6 is 0 Å². The van der Waals surface area contributed by atoms with Crippen LogP contribution in [-0.4, -0.2) is 10.1 Å². The van der Waals surface area contributed by atoms with Gasteiger partial charge in [-0.15, -0.1) is 0 Å². The molecule has 0 bridgehead atoms. The van der Waals surface area contributed by atoms with E-state index in [0.29, 0.717) is 5.75 Å². The zero-order valence-corrected chi connectivity index (χ0v) is 9.34. The Morgan fingerprint density at radius 1 is 1.29 bits per heavy atom. The van der Waals surface area contributed by atoms with Gasteiger partial charge in [-0.3, -0.25) is 4.98 Å². The first-order valence-electron chi connectivity index (χ1n) is 5.71. The number of aromatic hydroxyl groups is 1. The van der Waals surface area contributed by atoms with Crippen molar-refractivity contribution in [3.05, 3.63) is 53.9 Å². The molecule has 3 heteroatoms. The highest BCUT2D eigenvalue weighted by Gasteiger charge is 2.21. The molecule has 0 aliphatic carbocycles. The molecule has 0 unspecified atom stereocenters. The van der Waals surface area contributed by atoms with E-state index in [9.17, 15) is 5.11 Å². The summed E-state index contributed by atoms with van der Waals surface area (Å²) in [7, 11) is 0. The van der Waals surface area contributed by atoms with Crippen molar-refractivity contribution in [2.75, 3.05) is 0 Å². The van der Waals surface area contributed by atoms with E-state index in [2.05, 4.69) is 4.98 Å². The lowest BCUT2D eigenvalue weighted by Crippen LogP contribution is -2.15. The van der Waals surface area contributed by atoms with E-state index in [4.69, 9.17) is 4.74 Å².